The van der Waals surface area contributed by atoms with E-state index in [-0.39, 0.29) is 11.6 Å². The summed E-state index contributed by atoms with van der Waals surface area (Å²) < 4.78 is 39.3. The molecule has 0 radical (unpaired) electrons. The molecule has 2 aromatic carbocycles. The van der Waals surface area contributed by atoms with Gasteiger partial charge in [-0.3, -0.25) is 4.79 Å². The predicted octanol–water partition coefficient (Wildman–Crippen LogP) is 5.17. The zero-order valence-corrected chi connectivity index (χ0v) is 16.2. The molecule has 1 saturated heterocycles. The molecule has 1 N–H and O–H groups in total. The van der Waals surface area contributed by atoms with Gasteiger partial charge in [0, 0.05) is 13.1 Å². The lowest BCUT2D eigenvalue weighted by molar-refractivity contribution is -0.137. The Bertz CT molecular complexity index is 826. The van der Waals surface area contributed by atoms with E-state index in [0.29, 0.717) is 12.5 Å². The van der Waals surface area contributed by atoms with Gasteiger partial charge in [0.2, 0.25) is 0 Å². The van der Waals surface area contributed by atoms with Crippen molar-refractivity contribution in [3.05, 3.63) is 70.2 Å². The van der Waals surface area contributed by atoms with Crippen LogP contribution in [0, 0.1) is 5.92 Å². The van der Waals surface area contributed by atoms with E-state index < -0.39 is 22.7 Å². The topological polar surface area (TPSA) is 32.3 Å². The molecule has 2 atom stereocenters. The number of carbonyl (C=O) groups is 1. The van der Waals surface area contributed by atoms with Gasteiger partial charge in [0.15, 0.2) is 0 Å². The number of carbonyl (C=O) groups excluding carboxylic acids is 1. The maximum atomic E-state index is 13.1. The van der Waals surface area contributed by atoms with Gasteiger partial charge in [-0.2, -0.15) is 13.2 Å². The number of rotatable bonds is 5. The number of alkyl halides is 3. The van der Waals surface area contributed by atoms with Gasteiger partial charge in [0.05, 0.1) is 22.2 Å². The molecule has 7 heteroatoms. The monoisotopic (exact) mass is 410 g/mol. The van der Waals surface area contributed by atoms with Gasteiger partial charge in [0.25, 0.3) is 5.91 Å². The number of halogens is 4. The third-order valence-electron chi connectivity index (χ3n) is 5.00. The van der Waals surface area contributed by atoms with Crippen LogP contribution in [0.15, 0.2) is 48.5 Å². The summed E-state index contributed by atoms with van der Waals surface area (Å²) >= 11 is 5.92. The highest BCUT2D eigenvalue weighted by molar-refractivity contribution is 6.34. The average molecular weight is 411 g/mol. The first-order valence-electron chi connectivity index (χ1n) is 9.19. The van der Waals surface area contributed by atoms with Crippen molar-refractivity contribution in [2.24, 2.45) is 5.92 Å². The number of amides is 1. The van der Waals surface area contributed by atoms with E-state index in [0.717, 1.165) is 31.1 Å². The number of hydrogen-bond donors (Lipinski definition) is 1. The summed E-state index contributed by atoms with van der Waals surface area (Å²) in [5.41, 5.74) is -0.280. The van der Waals surface area contributed by atoms with E-state index >= 15 is 0 Å². The predicted molar refractivity (Wildman–Crippen MR) is 103 cm³/mol. The SMILES string of the molecule is CC1CCN(C[C@@H](NC(=O)c2cccc(C(F)(F)F)c2Cl)c2ccccc2)C1. The molecule has 0 aromatic heterocycles. The van der Waals surface area contributed by atoms with Crippen molar-refractivity contribution >= 4 is 17.5 Å². The maximum absolute atomic E-state index is 13.1. The second kappa shape index (κ2) is 8.53. The third-order valence-corrected chi connectivity index (χ3v) is 5.41. The van der Waals surface area contributed by atoms with Gasteiger partial charge in [-0.1, -0.05) is 54.9 Å². The second-order valence-electron chi connectivity index (χ2n) is 7.26. The van der Waals surface area contributed by atoms with Crippen LogP contribution in [0.5, 0.6) is 0 Å². The Hall–Kier alpha value is -2.05. The molecule has 0 aliphatic carbocycles. The number of nitrogens with one attached hydrogen (secondary N) is 1. The van der Waals surface area contributed by atoms with E-state index in [1.165, 1.54) is 12.1 Å². The van der Waals surface area contributed by atoms with Crippen LogP contribution in [-0.2, 0) is 6.18 Å². The van der Waals surface area contributed by atoms with E-state index in [1.807, 2.05) is 30.3 Å². The molecule has 1 aliphatic heterocycles. The molecule has 2 aromatic rings. The zero-order valence-electron chi connectivity index (χ0n) is 15.5. The van der Waals surface area contributed by atoms with Crippen molar-refractivity contribution in [2.75, 3.05) is 19.6 Å². The van der Waals surface area contributed by atoms with Gasteiger partial charge >= 0.3 is 6.18 Å². The van der Waals surface area contributed by atoms with Gasteiger partial charge in [-0.25, -0.2) is 0 Å². The minimum atomic E-state index is -4.61. The van der Waals surface area contributed by atoms with Gasteiger partial charge < -0.3 is 10.2 Å². The summed E-state index contributed by atoms with van der Waals surface area (Å²) in [6.07, 6.45) is -3.52. The first kappa shape index (κ1) is 20.7. The molecule has 1 amide bonds. The fourth-order valence-electron chi connectivity index (χ4n) is 3.53. The second-order valence-corrected chi connectivity index (χ2v) is 7.63. The lowest BCUT2D eigenvalue weighted by Crippen LogP contribution is -2.37. The van der Waals surface area contributed by atoms with E-state index in [4.69, 9.17) is 11.6 Å². The highest BCUT2D eigenvalue weighted by atomic mass is 35.5. The number of likely N-dealkylation sites (tertiary alicyclic amines) is 1. The molecule has 1 aliphatic rings. The Morgan fingerprint density at radius 1 is 1.21 bits per heavy atom. The van der Waals surface area contributed by atoms with E-state index in [1.54, 1.807) is 0 Å². The fourth-order valence-corrected chi connectivity index (χ4v) is 3.85. The van der Waals surface area contributed by atoms with Crippen molar-refractivity contribution in [1.29, 1.82) is 0 Å². The first-order valence-corrected chi connectivity index (χ1v) is 9.57. The number of nitrogens with zero attached hydrogens (tertiary/aromatic N) is 1. The lowest BCUT2D eigenvalue weighted by atomic mass is 10.0. The van der Waals surface area contributed by atoms with E-state index in [2.05, 4.69) is 17.1 Å². The molecule has 1 heterocycles. The number of benzene rings is 2. The van der Waals surface area contributed by atoms with Crippen LogP contribution < -0.4 is 5.32 Å². The normalized spacial score (nSPS) is 18.8. The third kappa shape index (κ3) is 4.86. The molecular weight excluding hydrogens is 389 g/mol. The van der Waals surface area contributed by atoms with Crippen LogP contribution in [0.25, 0.3) is 0 Å². The fraction of sp³-hybridized carbons (Fsp3) is 0.381. The number of hydrogen-bond acceptors (Lipinski definition) is 2. The van der Waals surface area contributed by atoms with Crippen LogP contribution in [0.4, 0.5) is 13.2 Å². The Labute approximate surface area is 167 Å². The molecule has 1 fully saturated rings. The summed E-state index contributed by atoms with van der Waals surface area (Å²) in [4.78, 5) is 15.0. The van der Waals surface area contributed by atoms with Crippen molar-refractivity contribution in [2.45, 2.75) is 25.6 Å². The Balaban J connectivity index is 1.83. The minimum Gasteiger partial charge on any atom is -0.344 e. The standard InChI is InChI=1S/C21H22ClF3N2O/c1-14-10-11-27(12-14)13-18(15-6-3-2-4-7-15)26-20(28)16-8-5-9-17(19(16)22)21(23,24)25/h2-9,14,18H,10-13H2,1H3,(H,26,28)/t14?,18-/m1/s1. The zero-order chi connectivity index (χ0) is 20.3. The van der Waals surface area contributed by atoms with Crippen molar-refractivity contribution in [3.63, 3.8) is 0 Å². The average Bonchev–Trinajstić information content (AvgIpc) is 3.06. The van der Waals surface area contributed by atoms with Crippen LogP contribution in [0.1, 0.15) is 40.9 Å². The van der Waals surface area contributed by atoms with E-state index in [9.17, 15) is 18.0 Å². The van der Waals surface area contributed by atoms with Crippen LogP contribution in [0.3, 0.4) is 0 Å². The Morgan fingerprint density at radius 3 is 2.54 bits per heavy atom. The van der Waals surface area contributed by atoms with Crippen LogP contribution >= 0.6 is 11.6 Å². The van der Waals surface area contributed by atoms with Crippen LogP contribution in [0.2, 0.25) is 5.02 Å². The smallest absolute Gasteiger partial charge is 0.344 e. The highest BCUT2D eigenvalue weighted by Crippen LogP contribution is 2.36. The van der Waals surface area contributed by atoms with Gasteiger partial charge in [-0.05, 0) is 36.6 Å². The van der Waals surface area contributed by atoms with Crippen molar-refractivity contribution in [1.82, 2.24) is 10.2 Å². The molecule has 3 rings (SSSR count). The molecule has 1 unspecified atom stereocenters. The summed E-state index contributed by atoms with van der Waals surface area (Å²) in [6, 6.07) is 12.5. The lowest BCUT2D eigenvalue weighted by Gasteiger charge is -2.25. The summed E-state index contributed by atoms with van der Waals surface area (Å²) in [7, 11) is 0. The summed E-state index contributed by atoms with van der Waals surface area (Å²) in [5.74, 6) is -0.0257. The molecule has 3 nitrogen and oxygen atoms in total. The molecule has 0 saturated carbocycles. The quantitative estimate of drug-likeness (QED) is 0.737. The van der Waals surface area contributed by atoms with Crippen molar-refractivity contribution < 1.29 is 18.0 Å². The summed E-state index contributed by atoms with van der Waals surface area (Å²) in [5, 5.41) is 2.30. The highest BCUT2D eigenvalue weighted by Gasteiger charge is 2.35. The van der Waals surface area contributed by atoms with Gasteiger partial charge in [0.1, 0.15) is 0 Å². The molecule has 28 heavy (non-hydrogen) atoms. The van der Waals surface area contributed by atoms with Crippen LogP contribution in [-0.4, -0.2) is 30.4 Å². The minimum absolute atomic E-state index is 0.174. The van der Waals surface area contributed by atoms with Gasteiger partial charge in [-0.15, -0.1) is 0 Å². The molecular formula is C21H22ClF3N2O. The first-order chi connectivity index (χ1) is 13.3. The Morgan fingerprint density at radius 2 is 1.93 bits per heavy atom. The summed E-state index contributed by atoms with van der Waals surface area (Å²) in [6.45, 7) is 4.64. The van der Waals surface area contributed by atoms with Crippen molar-refractivity contribution in [3.8, 4) is 0 Å². The molecule has 0 bridgehead atoms. The Kier molecular flexibility index (Phi) is 6.30. The molecule has 0 spiro atoms. The molecule has 150 valence electrons. The maximum Gasteiger partial charge on any atom is 0.417 e. The largest absolute Gasteiger partial charge is 0.417 e.